The fraction of sp³-hybridized carbons (Fsp3) is 0.667. The first-order valence-electron chi connectivity index (χ1n) is 5.98. The zero-order chi connectivity index (χ0) is 12.8. The van der Waals surface area contributed by atoms with Crippen molar-refractivity contribution in [3.8, 4) is 5.88 Å². The third-order valence-corrected chi connectivity index (χ3v) is 2.18. The second-order valence-electron chi connectivity index (χ2n) is 4.35. The maximum absolute atomic E-state index is 5.76. The topological polar surface area (TPSA) is 64.3 Å². The van der Waals surface area contributed by atoms with Crippen LogP contribution in [0.3, 0.4) is 0 Å². The Bertz CT molecular complexity index is 354. The van der Waals surface area contributed by atoms with Crippen molar-refractivity contribution in [2.24, 2.45) is 5.73 Å². The summed E-state index contributed by atoms with van der Waals surface area (Å²) in [7, 11) is 1.93. The molecule has 0 saturated heterocycles. The Labute approximate surface area is 103 Å². The molecule has 1 rings (SSSR count). The van der Waals surface area contributed by atoms with E-state index in [0.717, 1.165) is 18.7 Å². The van der Waals surface area contributed by atoms with Crippen molar-refractivity contribution in [2.75, 3.05) is 25.1 Å². The van der Waals surface area contributed by atoms with Crippen molar-refractivity contribution in [1.29, 1.82) is 0 Å². The van der Waals surface area contributed by atoms with Crippen LogP contribution in [0.4, 0.5) is 5.95 Å². The minimum Gasteiger partial charge on any atom is -0.478 e. The third kappa shape index (κ3) is 4.56. The first kappa shape index (κ1) is 13.7. The predicted octanol–water partition coefficient (Wildman–Crippen LogP) is 1.36. The van der Waals surface area contributed by atoms with Gasteiger partial charge in [0.15, 0.2) is 0 Å². The molecule has 96 valence electrons. The molecule has 0 radical (unpaired) electrons. The second kappa shape index (κ2) is 6.39. The maximum atomic E-state index is 5.76. The zero-order valence-electron chi connectivity index (χ0n) is 11.1. The fourth-order valence-corrected chi connectivity index (χ4v) is 1.49. The van der Waals surface area contributed by atoms with Crippen LogP contribution in [0.5, 0.6) is 5.88 Å². The van der Waals surface area contributed by atoms with Gasteiger partial charge in [0.25, 0.3) is 0 Å². The van der Waals surface area contributed by atoms with Crippen LogP contribution in [0.15, 0.2) is 6.07 Å². The molecule has 0 spiro atoms. The fourth-order valence-electron chi connectivity index (χ4n) is 1.49. The van der Waals surface area contributed by atoms with Gasteiger partial charge >= 0.3 is 0 Å². The van der Waals surface area contributed by atoms with Crippen LogP contribution in [0, 0.1) is 6.92 Å². The van der Waals surface area contributed by atoms with Crippen molar-refractivity contribution in [2.45, 2.75) is 33.2 Å². The summed E-state index contributed by atoms with van der Waals surface area (Å²) in [4.78, 5) is 10.7. The first-order chi connectivity index (χ1) is 8.02. The van der Waals surface area contributed by atoms with E-state index in [-0.39, 0.29) is 6.04 Å². The van der Waals surface area contributed by atoms with Gasteiger partial charge in [-0.1, -0.05) is 6.92 Å². The minimum atomic E-state index is 0.0872. The monoisotopic (exact) mass is 238 g/mol. The van der Waals surface area contributed by atoms with E-state index in [4.69, 9.17) is 10.5 Å². The molecule has 0 aliphatic heterocycles. The number of nitrogens with two attached hydrogens (primary N) is 1. The molecule has 1 aromatic rings. The van der Waals surface area contributed by atoms with Gasteiger partial charge in [0.1, 0.15) is 0 Å². The second-order valence-corrected chi connectivity index (χ2v) is 4.35. The quantitative estimate of drug-likeness (QED) is 0.810. The van der Waals surface area contributed by atoms with Gasteiger partial charge in [-0.2, -0.15) is 4.98 Å². The molecule has 0 aliphatic rings. The highest BCUT2D eigenvalue weighted by atomic mass is 16.5. The van der Waals surface area contributed by atoms with Crippen molar-refractivity contribution >= 4 is 5.95 Å². The first-order valence-corrected chi connectivity index (χ1v) is 5.98. The SMILES string of the molecule is CCCOc1cc(C)nc(N(C)CC(C)N)n1. The predicted molar refractivity (Wildman–Crippen MR) is 69.5 cm³/mol. The minimum absolute atomic E-state index is 0.0872. The van der Waals surface area contributed by atoms with Crippen molar-refractivity contribution < 1.29 is 4.74 Å². The largest absolute Gasteiger partial charge is 0.478 e. The zero-order valence-corrected chi connectivity index (χ0v) is 11.1. The summed E-state index contributed by atoms with van der Waals surface area (Å²) in [5, 5.41) is 0. The Morgan fingerprint density at radius 1 is 1.47 bits per heavy atom. The molecule has 0 amide bonds. The van der Waals surface area contributed by atoms with Crippen LogP contribution >= 0.6 is 0 Å². The molecular weight excluding hydrogens is 216 g/mol. The van der Waals surface area contributed by atoms with Gasteiger partial charge in [0.05, 0.1) is 6.61 Å². The van der Waals surface area contributed by atoms with Gasteiger partial charge in [-0.25, -0.2) is 4.98 Å². The number of ether oxygens (including phenoxy) is 1. The number of aromatic nitrogens is 2. The molecule has 1 aromatic heterocycles. The number of hydrogen-bond donors (Lipinski definition) is 1. The highest BCUT2D eigenvalue weighted by Gasteiger charge is 2.09. The van der Waals surface area contributed by atoms with Crippen LogP contribution in [0.1, 0.15) is 26.0 Å². The van der Waals surface area contributed by atoms with E-state index in [1.54, 1.807) is 0 Å². The van der Waals surface area contributed by atoms with E-state index in [9.17, 15) is 0 Å². The van der Waals surface area contributed by atoms with Crippen molar-refractivity contribution in [3.05, 3.63) is 11.8 Å². The number of hydrogen-bond acceptors (Lipinski definition) is 5. The molecule has 17 heavy (non-hydrogen) atoms. The standard InChI is InChI=1S/C12H22N4O/c1-5-6-17-11-7-10(3)14-12(15-11)16(4)8-9(2)13/h7,9H,5-6,8,13H2,1-4H3. The van der Waals surface area contributed by atoms with Gasteiger partial charge in [-0.3, -0.25) is 0 Å². The highest BCUT2D eigenvalue weighted by molar-refractivity contribution is 5.33. The van der Waals surface area contributed by atoms with Crippen LogP contribution in [-0.4, -0.2) is 36.2 Å². The van der Waals surface area contributed by atoms with E-state index in [0.29, 0.717) is 18.4 Å². The third-order valence-electron chi connectivity index (χ3n) is 2.18. The highest BCUT2D eigenvalue weighted by Crippen LogP contribution is 2.14. The number of likely N-dealkylation sites (N-methyl/N-ethyl adjacent to an activating group) is 1. The summed E-state index contributed by atoms with van der Waals surface area (Å²) in [6.07, 6.45) is 0.966. The number of rotatable bonds is 6. The Morgan fingerprint density at radius 2 is 2.18 bits per heavy atom. The Kier molecular flexibility index (Phi) is 5.15. The van der Waals surface area contributed by atoms with E-state index >= 15 is 0 Å². The van der Waals surface area contributed by atoms with E-state index in [1.807, 2.05) is 31.9 Å². The Hall–Kier alpha value is -1.36. The lowest BCUT2D eigenvalue weighted by Crippen LogP contribution is -2.33. The summed E-state index contributed by atoms with van der Waals surface area (Å²) >= 11 is 0. The number of nitrogens with zero attached hydrogens (tertiary/aromatic N) is 3. The van der Waals surface area contributed by atoms with Gasteiger partial charge in [-0.05, 0) is 20.3 Å². The van der Waals surface area contributed by atoms with Crippen LogP contribution in [-0.2, 0) is 0 Å². The van der Waals surface area contributed by atoms with Gasteiger partial charge < -0.3 is 15.4 Å². The van der Waals surface area contributed by atoms with Gasteiger partial charge in [0, 0.05) is 31.4 Å². The average Bonchev–Trinajstić information content (AvgIpc) is 2.24. The van der Waals surface area contributed by atoms with E-state index < -0.39 is 0 Å². The molecule has 0 fully saturated rings. The lowest BCUT2D eigenvalue weighted by molar-refractivity contribution is 0.304. The summed E-state index contributed by atoms with van der Waals surface area (Å²) < 4.78 is 5.52. The van der Waals surface area contributed by atoms with E-state index in [2.05, 4.69) is 16.9 Å². The van der Waals surface area contributed by atoms with Crippen LogP contribution in [0.25, 0.3) is 0 Å². The van der Waals surface area contributed by atoms with Crippen LogP contribution in [0.2, 0.25) is 0 Å². The Morgan fingerprint density at radius 3 is 2.76 bits per heavy atom. The smallest absolute Gasteiger partial charge is 0.228 e. The molecule has 1 unspecified atom stereocenters. The number of anilines is 1. The molecule has 5 nitrogen and oxygen atoms in total. The van der Waals surface area contributed by atoms with Crippen molar-refractivity contribution in [3.63, 3.8) is 0 Å². The normalized spacial score (nSPS) is 12.3. The molecule has 1 heterocycles. The Balaban J connectivity index is 2.80. The number of aryl methyl sites for hydroxylation is 1. The van der Waals surface area contributed by atoms with Crippen LogP contribution < -0.4 is 15.4 Å². The molecule has 5 heteroatoms. The molecule has 2 N–H and O–H groups in total. The van der Waals surface area contributed by atoms with Gasteiger partial charge in [-0.15, -0.1) is 0 Å². The summed E-state index contributed by atoms with van der Waals surface area (Å²) in [6.45, 7) is 7.35. The van der Waals surface area contributed by atoms with Gasteiger partial charge in [0.2, 0.25) is 11.8 Å². The summed E-state index contributed by atoms with van der Waals surface area (Å²) in [5.74, 6) is 1.29. The molecule has 0 saturated carbocycles. The molecule has 0 aliphatic carbocycles. The summed E-state index contributed by atoms with van der Waals surface area (Å²) in [6, 6.07) is 1.93. The van der Waals surface area contributed by atoms with Crippen molar-refractivity contribution in [1.82, 2.24) is 9.97 Å². The summed E-state index contributed by atoms with van der Waals surface area (Å²) in [5.41, 5.74) is 6.66. The molecule has 0 bridgehead atoms. The lowest BCUT2D eigenvalue weighted by Gasteiger charge is -2.20. The maximum Gasteiger partial charge on any atom is 0.228 e. The average molecular weight is 238 g/mol. The van der Waals surface area contributed by atoms with E-state index in [1.165, 1.54) is 0 Å². The molecule has 1 atom stereocenters. The molecular formula is C12H22N4O. The molecule has 0 aromatic carbocycles. The lowest BCUT2D eigenvalue weighted by atomic mass is 10.3.